The van der Waals surface area contributed by atoms with E-state index in [1.807, 2.05) is 32.0 Å². The standard InChI is InChI=1S/C10H13N3O2/c1-6-4-3-5-7(2)8(6)12-10(14)9(11)13-15/h3-5,15H,1-2H3,(H2,11,13)(H,12,14). The van der Waals surface area contributed by atoms with Gasteiger partial charge in [-0.05, 0) is 25.0 Å². The van der Waals surface area contributed by atoms with Crippen molar-refractivity contribution in [3.8, 4) is 0 Å². The number of aryl methyl sites for hydroxylation is 2. The first-order valence-electron chi connectivity index (χ1n) is 4.41. The molecule has 5 nitrogen and oxygen atoms in total. The molecule has 0 heterocycles. The summed E-state index contributed by atoms with van der Waals surface area (Å²) in [6.45, 7) is 3.74. The Morgan fingerprint density at radius 3 is 2.40 bits per heavy atom. The predicted molar refractivity (Wildman–Crippen MR) is 58.0 cm³/mol. The molecule has 0 atom stereocenters. The number of amides is 1. The lowest BCUT2D eigenvalue weighted by molar-refractivity contribution is -0.110. The van der Waals surface area contributed by atoms with Gasteiger partial charge in [0.1, 0.15) is 0 Å². The molecule has 0 aliphatic carbocycles. The third-order valence-electron chi connectivity index (χ3n) is 2.06. The zero-order chi connectivity index (χ0) is 11.4. The zero-order valence-corrected chi connectivity index (χ0v) is 8.61. The minimum atomic E-state index is -0.616. The molecular weight excluding hydrogens is 194 g/mol. The summed E-state index contributed by atoms with van der Waals surface area (Å²) in [5, 5.41) is 13.5. The maximum absolute atomic E-state index is 11.3. The van der Waals surface area contributed by atoms with Gasteiger partial charge >= 0.3 is 0 Å². The third kappa shape index (κ3) is 2.46. The summed E-state index contributed by atoms with van der Waals surface area (Å²) in [6.07, 6.45) is 0. The van der Waals surface area contributed by atoms with Crippen LogP contribution in [0.3, 0.4) is 0 Å². The minimum absolute atomic E-state index is 0.461. The lowest BCUT2D eigenvalue weighted by Gasteiger charge is -2.10. The smallest absolute Gasteiger partial charge is 0.294 e. The average molecular weight is 207 g/mol. The highest BCUT2D eigenvalue weighted by Gasteiger charge is 2.10. The van der Waals surface area contributed by atoms with E-state index < -0.39 is 11.7 Å². The van der Waals surface area contributed by atoms with E-state index in [2.05, 4.69) is 10.5 Å². The second kappa shape index (κ2) is 4.45. The fourth-order valence-electron chi connectivity index (χ4n) is 1.23. The summed E-state index contributed by atoms with van der Waals surface area (Å²) in [7, 11) is 0. The van der Waals surface area contributed by atoms with Crippen molar-refractivity contribution in [3.05, 3.63) is 29.3 Å². The van der Waals surface area contributed by atoms with Gasteiger partial charge in [0.2, 0.25) is 5.84 Å². The van der Waals surface area contributed by atoms with Gasteiger partial charge in [-0.2, -0.15) is 0 Å². The molecule has 0 aromatic heterocycles. The number of rotatable bonds is 1. The van der Waals surface area contributed by atoms with Gasteiger partial charge in [-0.25, -0.2) is 0 Å². The zero-order valence-electron chi connectivity index (χ0n) is 8.61. The van der Waals surface area contributed by atoms with Gasteiger partial charge in [0, 0.05) is 5.69 Å². The Morgan fingerprint density at radius 1 is 1.40 bits per heavy atom. The number of carbonyl (C=O) groups is 1. The van der Waals surface area contributed by atoms with Crippen LogP contribution in [0, 0.1) is 13.8 Å². The summed E-state index contributed by atoms with van der Waals surface area (Å²) < 4.78 is 0. The van der Waals surface area contributed by atoms with Crippen molar-refractivity contribution in [2.45, 2.75) is 13.8 Å². The van der Waals surface area contributed by atoms with Gasteiger partial charge in [0.05, 0.1) is 0 Å². The highest BCUT2D eigenvalue weighted by Crippen LogP contribution is 2.18. The van der Waals surface area contributed by atoms with E-state index >= 15 is 0 Å². The number of amidine groups is 1. The topological polar surface area (TPSA) is 87.7 Å². The van der Waals surface area contributed by atoms with E-state index in [0.717, 1.165) is 11.1 Å². The molecule has 15 heavy (non-hydrogen) atoms. The number of anilines is 1. The molecule has 0 aliphatic heterocycles. The summed E-state index contributed by atoms with van der Waals surface area (Å²) in [5.41, 5.74) is 7.69. The molecule has 0 saturated heterocycles. The van der Waals surface area contributed by atoms with Crippen LogP contribution in [-0.4, -0.2) is 17.0 Å². The Bertz CT molecular complexity index is 393. The van der Waals surface area contributed by atoms with Crippen LogP contribution in [0.25, 0.3) is 0 Å². The molecule has 0 bridgehead atoms. The van der Waals surface area contributed by atoms with E-state index in [4.69, 9.17) is 10.9 Å². The number of nitrogens with two attached hydrogens (primary N) is 1. The van der Waals surface area contributed by atoms with Crippen molar-refractivity contribution in [1.29, 1.82) is 0 Å². The quantitative estimate of drug-likeness (QED) is 0.278. The van der Waals surface area contributed by atoms with E-state index in [1.54, 1.807) is 0 Å². The average Bonchev–Trinajstić information content (AvgIpc) is 2.22. The molecule has 1 amide bonds. The molecule has 5 heteroatoms. The molecule has 80 valence electrons. The van der Waals surface area contributed by atoms with Crippen molar-refractivity contribution in [3.63, 3.8) is 0 Å². The second-order valence-corrected chi connectivity index (χ2v) is 3.21. The summed E-state index contributed by atoms with van der Waals surface area (Å²) in [6, 6.07) is 5.63. The Balaban J connectivity index is 2.95. The molecule has 0 spiro atoms. The van der Waals surface area contributed by atoms with Crippen LogP contribution >= 0.6 is 0 Å². The van der Waals surface area contributed by atoms with Crippen LogP contribution in [0.1, 0.15) is 11.1 Å². The summed E-state index contributed by atoms with van der Waals surface area (Å²) >= 11 is 0. The molecule has 0 radical (unpaired) electrons. The van der Waals surface area contributed by atoms with Crippen LogP contribution in [0.2, 0.25) is 0 Å². The summed E-state index contributed by atoms with van der Waals surface area (Å²) in [4.78, 5) is 11.3. The molecule has 1 rings (SSSR count). The number of nitrogens with one attached hydrogen (secondary N) is 1. The van der Waals surface area contributed by atoms with Crippen LogP contribution in [0.4, 0.5) is 5.69 Å². The third-order valence-corrected chi connectivity index (χ3v) is 2.06. The lowest BCUT2D eigenvalue weighted by atomic mass is 10.1. The van der Waals surface area contributed by atoms with Gasteiger partial charge in [0.15, 0.2) is 0 Å². The first-order chi connectivity index (χ1) is 7.06. The fourth-order valence-corrected chi connectivity index (χ4v) is 1.23. The molecule has 1 aromatic carbocycles. The van der Waals surface area contributed by atoms with Crippen LogP contribution in [0.5, 0.6) is 0 Å². The van der Waals surface area contributed by atoms with Gasteiger partial charge in [0.25, 0.3) is 5.91 Å². The van der Waals surface area contributed by atoms with Crippen molar-refractivity contribution < 1.29 is 10.0 Å². The minimum Gasteiger partial charge on any atom is -0.409 e. The second-order valence-electron chi connectivity index (χ2n) is 3.21. The van der Waals surface area contributed by atoms with E-state index in [9.17, 15) is 4.79 Å². The maximum Gasteiger partial charge on any atom is 0.294 e. The van der Waals surface area contributed by atoms with Crippen LogP contribution in [-0.2, 0) is 4.79 Å². The molecule has 4 N–H and O–H groups in total. The Kier molecular flexibility index (Phi) is 3.28. The van der Waals surface area contributed by atoms with Crippen molar-refractivity contribution in [2.24, 2.45) is 10.9 Å². The van der Waals surface area contributed by atoms with Crippen molar-refractivity contribution in [2.75, 3.05) is 5.32 Å². The molecule has 0 unspecified atom stereocenters. The maximum atomic E-state index is 11.3. The molecular formula is C10H13N3O2. The summed E-state index contributed by atoms with van der Waals surface area (Å²) in [5.74, 6) is -1.08. The van der Waals surface area contributed by atoms with Crippen molar-refractivity contribution >= 4 is 17.4 Å². The highest BCUT2D eigenvalue weighted by atomic mass is 16.4. The Hall–Kier alpha value is -2.04. The number of hydrogen-bond donors (Lipinski definition) is 3. The number of para-hydroxylation sites is 1. The lowest BCUT2D eigenvalue weighted by Crippen LogP contribution is -2.30. The Morgan fingerprint density at radius 2 is 1.93 bits per heavy atom. The first kappa shape index (κ1) is 11.0. The van der Waals surface area contributed by atoms with Gasteiger partial charge in [-0.3, -0.25) is 4.79 Å². The first-order valence-corrected chi connectivity index (χ1v) is 4.41. The SMILES string of the molecule is Cc1cccc(C)c1NC(=O)/C(N)=N/O. The molecule has 0 fully saturated rings. The van der Waals surface area contributed by atoms with E-state index in [1.165, 1.54) is 0 Å². The predicted octanol–water partition coefficient (Wildman–Crippen LogP) is 0.988. The number of nitrogens with zero attached hydrogens (tertiary/aromatic N) is 1. The highest BCUT2D eigenvalue weighted by molar-refractivity contribution is 6.41. The van der Waals surface area contributed by atoms with Gasteiger partial charge in [-0.15, -0.1) is 0 Å². The van der Waals surface area contributed by atoms with Gasteiger partial charge in [-0.1, -0.05) is 23.4 Å². The number of hydrogen-bond acceptors (Lipinski definition) is 3. The van der Waals surface area contributed by atoms with E-state index in [-0.39, 0.29) is 0 Å². The number of carbonyl (C=O) groups excluding carboxylic acids is 1. The molecule has 0 aliphatic rings. The van der Waals surface area contributed by atoms with E-state index in [0.29, 0.717) is 5.69 Å². The Labute approximate surface area is 87.6 Å². The molecule has 1 aromatic rings. The molecule has 0 saturated carbocycles. The van der Waals surface area contributed by atoms with Crippen molar-refractivity contribution in [1.82, 2.24) is 0 Å². The number of benzene rings is 1. The van der Waals surface area contributed by atoms with Gasteiger partial charge < -0.3 is 16.3 Å². The van der Waals surface area contributed by atoms with Crippen LogP contribution < -0.4 is 11.1 Å². The number of oxime groups is 1. The normalized spacial score (nSPS) is 11.2. The monoisotopic (exact) mass is 207 g/mol. The largest absolute Gasteiger partial charge is 0.409 e. The van der Waals surface area contributed by atoms with Crippen LogP contribution in [0.15, 0.2) is 23.4 Å². The fraction of sp³-hybridized carbons (Fsp3) is 0.200.